The molecule has 0 aliphatic carbocycles. The maximum atomic E-state index is 9.13. The van der Waals surface area contributed by atoms with Gasteiger partial charge >= 0.3 is 0 Å². The van der Waals surface area contributed by atoms with Crippen molar-refractivity contribution in [2.75, 3.05) is 0 Å². The van der Waals surface area contributed by atoms with Crippen molar-refractivity contribution in [3.63, 3.8) is 0 Å². The normalized spacial score (nSPS) is 13.3. The molecule has 2 N–H and O–H groups in total. The number of nitrogens with two attached hydrogens (primary N) is 1. The largest absolute Gasteiger partial charge is 0.347 e. The van der Waals surface area contributed by atoms with Gasteiger partial charge in [-0.1, -0.05) is 18.2 Å². The van der Waals surface area contributed by atoms with E-state index in [1.54, 1.807) is 0 Å². The van der Waals surface area contributed by atoms with E-state index in [9.17, 15) is 0 Å². The second-order valence-electron chi connectivity index (χ2n) is 6.29. The first kappa shape index (κ1) is 14.6. The number of para-hydroxylation sites is 1. The number of nitriles is 1. The van der Waals surface area contributed by atoms with Gasteiger partial charge in [0, 0.05) is 18.8 Å². The summed E-state index contributed by atoms with van der Waals surface area (Å²) in [5.74, 6) is 0. The van der Waals surface area contributed by atoms with Crippen LogP contribution in [0.5, 0.6) is 0 Å². The Bertz CT molecular complexity index is 629. The van der Waals surface area contributed by atoms with Crippen LogP contribution in [-0.2, 0) is 13.0 Å². The molecule has 2 aromatic rings. The fourth-order valence-electron chi connectivity index (χ4n) is 2.49. The molecule has 1 heterocycles. The van der Waals surface area contributed by atoms with Crippen molar-refractivity contribution < 1.29 is 0 Å². The van der Waals surface area contributed by atoms with E-state index >= 15 is 0 Å². The lowest BCUT2D eigenvalue weighted by Gasteiger charge is -2.17. The van der Waals surface area contributed by atoms with Gasteiger partial charge in [-0.2, -0.15) is 5.26 Å². The monoisotopic (exact) mass is 269 g/mol. The Kier molecular flexibility index (Phi) is 4.15. The molecule has 1 aromatic heterocycles. The number of hydrogen-bond acceptors (Lipinski definition) is 2. The summed E-state index contributed by atoms with van der Waals surface area (Å²) in [5.41, 5.74) is 8.21. The summed E-state index contributed by atoms with van der Waals surface area (Å²) in [6.07, 6.45) is 3.84. The predicted molar refractivity (Wildman–Crippen MR) is 83.3 cm³/mol. The fourth-order valence-corrected chi connectivity index (χ4v) is 2.49. The van der Waals surface area contributed by atoms with Gasteiger partial charge in [0.15, 0.2) is 0 Å². The molecule has 0 amide bonds. The second kappa shape index (κ2) is 5.68. The minimum absolute atomic E-state index is 0.152. The first-order valence-corrected chi connectivity index (χ1v) is 7.16. The van der Waals surface area contributed by atoms with Gasteiger partial charge in [0.2, 0.25) is 0 Å². The van der Waals surface area contributed by atoms with Crippen LogP contribution in [0.25, 0.3) is 10.9 Å². The number of hydrogen-bond donors (Lipinski definition) is 1. The van der Waals surface area contributed by atoms with Crippen molar-refractivity contribution in [2.24, 2.45) is 11.1 Å². The van der Waals surface area contributed by atoms with Crippen LogP contribution in [0, 0.1) is 16.7 Å². The van der Waals surface area contributed by atoms with Crippen LogP contribution >= 0.6 is 0 Å². The SMILES string of the molecule is CC(N)Cc1cccc2ccn(CCC(C)(C)C#N)c12. The fraction of sp³-hybridized carbons (Fsp3) is 0.471. The maximum Gasteiger partial charge on any atom is 0.0684 e. The summed E-state index contributed by atoms with van der Waals surface area (Å²) >= 11 is 0. The number of aromatic nitrogens is 1. The molecule has 0 fully saturated rings. The Morgan fingerprint density at radius 1 is 1.35 bits per heavy atom. The second-order valence-corrected chi connectivity index (χ2v) is 6.29. The Balaban J connectivity index is 2.32. The number of fused-ring (bicyclic) bond motifs is 1. The van der Waals surface area contributed by atoms with Gasteiger partial charge in [0.25, 0.3) is 0 Å². The summed E-state index contributed by atoms with van der Waals surface area (Å²) < 4.78 is 2.26. The van der Waals surface area contributed by atoms with E-state index in [0.29, 0.717) is 0 Å². The van der Waals surface area contributed by atoms with Crippen LogP contribution in [0.15, 0.2) is 30.5 Å². The molecule has 106 valence electrons. The molecule has 0 bridgehead atoms. The van der Waals surface area contributed by atoms with Crippen molar-refractivity contribution >= 4 is 10.9 Å². The van der Waals surface area contributed by atoms with Gasteiger partial charge in [0.1, 0.15) is 0 Å². The highest BCUT2D eigenvalue weighted by Gasteiger charge is 2.17. The molecule has 2 rings (SSSR count). The summed E-state index contributed by atoms with van der Waals surface area (Å²) in [5, 5.41) is 10.4. The average molecular weight is 269 g/mol. The van der Waals surface area contributed by atoms with Crippen LogP contribution < -0.4 is 5.73 Å². The van der Waals surface area contributed by atoms with Gasteiger partial charge in [0.05, 0.1) is 17.0 Å². The highest BCUT2D eigenvalue weighted by molar-refractivity contribution is 5.83. The molecule has 3 nitrogen and oxygen atoms in total. The van der Waals surface area contributed by atoms with Gasteiger partial charge in [-0.25, -0.2) is 0 Å². The highest BCUT2D eigenvalue weighted by atomic mass is 15.0. The molecular formula is C17H23N3. The molecule has 20 heavy (non-hydrogen) atoms. The lowest BCUT2D eigenvalue weighted by Crippen LogP contribution is -2.18. The summed E-state index contributed by atoms with van der Waals surface area (Å²) in [4.78, 5) is 0. The predicted octanol–water partition coefficient (Wildman–Crippen LogP) is 3.47. The number of nitrogens with zero attached hydrogens (tertiary/aromatic N) is 2. The van der Waals surface area contributed by atoms with E-state index in [2.05, 4.69) is 41.1 Å². The van der Waals surface area contributed by atoms with Crippen molar-refractivity contribution in [3.05, 3.63) is 36.0 Å². The van der Waals surface area contributed by atoms with E-state index in [0.717, 1.165) is 19.4 Å². The molecule has 3 heteroatoms. The smallest absolute Gasteiger partial charge is 0.0684 e. The lowest BCUT2D eigenvalue weighted by molar-refractivity contribution is 0.417. The third kappa shape index (κ3) is 3.20. The third-order valence-corrected chi connectivity index (χ3v) is 3.69. The van der Waals surface area contributed by atoms with Gasteiger partial charge in [-0.05, 0) is 50.6 Å². The highest BCUT2D eigenvalue weighted by Crippen LogP contribution is 2.25. The zero-order valence-electron chi connectivity index (χ0n) is 12.6. The number of aryl methyl sites for hydroxylation is 1. The Morgan fingerprint density at radius 3 is 2.75 bits per heavy atom. The Labute approximate surface area is 121 Å². The molecule has 0 spiro atoms. The van der Waals surface area contributed by atoms with Crippen LogP contribution in [0.2, 0.25) is 0 Å². The third-order valence-electron chi connectivity index (χ3n) is 3.69. The van der Waals surface area contributed by atoms with Crippen molar-refractivity contribution in [2.45, 2.75) is 46.2 Å². The van der Waals surface area contributed by atoms with Gasteiger partial charge in [-0.15, -0.1) is 0 Å². The zero-order valence-corrected chi connectivity index (χ0v) is 12.6. The first-order chi connectivity index (χ1) is 9.43. The van der Waals surface area contributed by atoms with Crippen molar-refractivity contribution in [1.82, 2.24) is 4.57 Å². The van der Waals surface area contributed by atoms with E-state index in [-0.39, 0.29) is 11.5 Å². The van der Waals surface area contributed by atoms with E-state index in [4.69, 9.17) is 11.0 Å². The standard InChI is InChI=1S/C17H23N3/c1-13(19)11-15-6-4-5-14-7-9-20(16(14)15)10-8-17(2,3)12-18/h4-7,9,13H,8,10-11,19H2,1-3H3. The molecule has 0 saturated carbocycles. The molecule has 0 radical (unpaired) electrons. The number of rotatable bonds is 5. The molecule has 0 saturated heterocycles. The first-order valence-electron chi connectivity index (χ1n) is 7.16. The van der Waals surface area contributed by atoms with Gasteiger partial charge < -0.3 is 10.3 Å². The summed E-state index contributed by atoms with van der Waals surface area (Å²) in [7, 11) is 0. The number of benzene rings is 1. The molecule has 1 unspecified atom stereocenters. The summed E-state index contributed by atoms with van der Waals surface area (Å²) in [6.45, 7) is 6.87. The van der Waals surface area contributed by atoms with Gasteiger partial charge in [-0.3, -0.25) is 0 Å². The van der Waals surface area contributed by atoms with E-state index < -0.39 is 0 Å². The van der Waals surface area contributed by atoms with Crippen molar-refractivity contribution in [1.29, 1.82) is 5.26 Å². The van der Waals surface area contributed by atoms with Crippen molar-refractivity contribution in [3.8, 4) is 6.07 Å². The minimum Gasteiger partial charge on any atom is -0.347 e. The lowest BCUT2D eigenvalue weighted by atomic mass is 9.91. The summed E-state index contributed by atoms with van der Waals surface area (Å²) in [6, 6.07) is 11.0. The zero-order chi connectivity index (χ0) is 14.8. The van der Waals surface area contributed by atoms with E-state index in [1.165, 1.54) is 16.5 Å². The molecule has 0 aliphatic heterocycles. The molecule has 1 aromatic carbocycles. The van der Waals surface area contributed by atoms with Crippen LogP contribution in [0.4, 0.5) is 0 Å². The molecule has 0 aliphatic rings. The molecule has 1 atom stereocenters. The molecular weight excluding hydrogens is 246 g/mol. The van der Waals surface area contributed by atoms with Crippen LogP contribution in [-0.4, -0.2) is 10.6 Å². The van der Waals surface area contributed by atoms with E-state index in [1.807, 2.05) is 20.8 Å². The topological polar surface area (TPSA) is 54.7 Å². The maximum absolute atomic E-state index is 9.13. The Hall–Kier alpha value is -1.79. The quantitative estimate of drug-likeness (QED) is 0.903. The minimum atomic E-state index is -0.285. The van der Waals surface area contributed by atoms with Crippen LogP contribution in [0.3, 0.4) is 0 Å². The Morgan fingerprint density at radius 2 is 2.10 bits per heavy atom. The average Bonchev–Trinajstić information content (AvgIpc) is 2.80. The van der Waals surface area contributed by atoms with Crippen LogP contribution in [0.1, 0.15) is 32.8 Å².